The van der Waals surface area contributed by atoms with Crippen LogP contribution in [-0.2, 0) is 11.3 Å². The van der Waals surface area contributed by atoms with Gasteiger partial charge in [0, 0.05) is 13.1 Å². The standard InChI is InChI=1S/C14H21F2NO2/c1-11(2)18-9-8-17(3)10-12-4-6-13(7-5-12)19-14(15)16/h4-7,11,14H,8-10H2,1-3H3. The van der Waals surface area contributed by atoms with Gasteiger partial charge in [-0.2, -0.15) is 8.78 Å². The number of hydrogen-bond donors (Lipinski definition) is 0. The summed E-state index contributed by atoms with van der Waals surface area (Å²) in [6.45, 7) is 3.48. The summed E-state index contributed by atoms with van der Waals surface area (Å²) < 4.78 is 33.7. The van der Waals surface area contributed by atoms with Crippen molar-refractivity contribution in [3.8, 4) is 5.75 Å². The van der Waals surface area contributed by atoms with Crippen LogP contribution in [-0.4, -0.2) is 37.8 Å². The first kappa shape index (κ1) is 15.9. The van der Waals surface area contributed by atoms with E-state index in [1.165, 1.54) is 0 Å². The molecular formula is C14H21F2NO2. The number of likely N-dealkylation sites (N-methyl/N-ethyl adjacent to an activating group) is 1. The largest absolute Gasteiger partial charge is 0.435 e. The second kappa shape index (κ2) is 8.07. The van der Waals surface area contributed by atoms with Crippen LogP contribution >= 0.6 is 0 Å². The molecule has 1 rings (SSSR count). The fourth-order valence-electron chi connectivity index (χ4n) is 1.61. The average molecular weight is 273 g/mol. The second-order valence-electron chi connectivity index (χ2n) is 4.68. The summed E-state index contributed by atoms with van der Waals surface area (Å²) in [6, 6.07) is 6.69. The molecule has 0 aliphatic heterocycles. The fourth-order valence-corrected chi connectivity index (χ4v) is 1.61. The summed E-state index contributed by atoms with van der Waals surface area (Å²) >= 11 is 0. The first-order chi connectivity index (χ1) is 8.97. The summed E-state index contributed by atoms with van der Waals surface area (Å²) in [5.41, 5.74) is 1.05. The molecule has 0 bridgehead atoms. The van der Waals surface area contributed by atoms with E-state index in [4.69, 9.17) is 4.74 Å². The van der Waals surface area contributed by atoms with E-state index < -0.39 is 6.61 Å². The van der Waals surface area contributed by atoms with Gasteiger partial charge in [0.2, 0.25) is 0 Å². The maximum absolute atomic E-state index is 12.0. The van der Waals surface area contributed by atoms with Crippen molar-refractivity contribution >= 4 is 0 Å². The van der Waals surface area contributed by atoms with Gasteiger partial charge < -0.3 is 9.47 Å². The Morgan fingerprint density at radius 3 is 2.32 bits per heavy atom. The molecule has 0 unspecified atom stereocenters. The molecule has 0 heterocycles. The molecule has 0 radical (unpaired) electrons. The van der Waals surface area contributed by atoms with E-state index in [0.29, 0.717) is 6.61 Å². The van der Waals surface area contributed by atoms with Gasteiger partial charge in [0.15, 0.2) is 0 Å². The number of benzene rings is 1. The zero-order valence-corrected chi connectivity index (χ0v) is 11.6. The van der Waals surface area contributed by atoms with Crippen LogP contribution in [0.15, 0.2) is 24.3 Å². The SMILES string of the molecule is CC(C)OCCN(C)Cc1ccc(OC(F)F)cc1. The maximum Gasteiger partial charge on any atom is 0.387 e. The average Bonchev–Trinajstić information content (AvgIpc) is 2.30. The van der Waals surface area contributed by atoms with Crippen molar-refractivity contribution < 1.29 is 18.3 Å². The van der Waals surface area contributed by atoms with Crippen LogP contribution in [0.1, 0.15) is 19.4 Å². The molecule has 3 nitrogen and oxygen atoms in total. The molecular weight excluding hydrogens is 252 g/mol. The Morgan fingerprint density at radius 2 is 1.79 bits per heavy atom. The van der Waals surface area contributed by atoms with E-state index in [1.807, 2.05) is 20.9 Å². The van der Waals surface area contributed by atoms with Gasteiger partial charge in [0.1, 0.15) is 5.75 Å². The molecule has 0 fully saturated rings. The molecule has 0 N–H and O–H groups in total. The smallest absolute Gasteiger partial charge is 0.387 e. The summed E-state index contributed by atoms with van der Waals surface area (Å²) in [5.74, 6) is 0.185. The van der Waals surface area contributed by atoms with Crippen molar-refractivity contribution in [1.82, 2.24) is 4.90 Å². The second-order valence-corrected chi connectivity index (χ2v) is 4.68. The topological polar surface area (TPSA) is 21.7 Å². The first-order valence-corrected chi connectivity index (χ1v) is 6.31. The van der Waals surface area contributed by atoms with Crippen LogP contribution in [0.4, 0.5) is 8.78 Å². The molecule has 19 heavy (non-hydrogen) atoms. The van der Waals surface area contributed by atoms with Crippen LogP contribution in [0.25, 0.3) is 0 Å². The van der Waals surface area contributed by atoms with Crippen molar-refractivity contribution in [2.24, 2.45) is 0 Å². The molecule has 0 saturated carbocycles. The van der Waals surface area contributed by atoms with Crippen LogP contribution in [0.2, 0.25) is 0 Å². The molecule has 0 atom stereocenters. The minimum absolute atomic E-state index is 0.185. The van der Waals surface area contributed by atoms with E-state index >= 15 is 0 Å². The summed E-state index contributed by atoms with van der Waals surface area (Å²) in [7, 11) is 1.99. The number of alkyl halides is 2. The lowest BCUT2D eigenvalue weighted by Gasteiger charge is -2.17. The summed E-state index contributed by atoms with van der Waals surface area (Å²) in [6.07, 6.45) is 0.235. The van der Waals surface area contributed by atoms with E-state index in [0.717, 1.165) is 18.7 Å². The monoisotopic (exact) mass is 273 g/mol. The van der Waals surface area contributed by atoms with Gasteiger partial charge in [-0.05, 0) is 38.6 Å². The van der Waals surface area contributed by atoms with Gasteiger partial charge in [0.05, 0.1) is 12.7 Å². The molecule has 1 aromatic rings. The Labute approximate surface area is 113 Å². The Kier molecular flexibility index (Phi) is 6.73. The quantitative estimate of drug-likeness (QED) is 0.726. The third-order valence-electron chi connectivity index (χ3n) is 2.53. The highest BCUT2D eigenvalue weighted by molar-refractivity contribution is 5.27. The molecule has 1 aromatic carbocycles. The molecule has 5 heteroatoms. The number of hydrogen-bond acceptors (Lipinski definition) is 3. The lowest BCUT2D eigenvalue weighted by Crippen LogP contribution is -2.23. The zero-order chi connectivity index (χ0) is 14.3. The molecule has 0 saturated heterocycles. The zero-order valence-electron chi connectivity index (χ0n) is 11.6. The van der Waals surface area contributed by atoms with E-state index in [2.05, 4.69) is 9.64 Å². The van der Waals surface area contributed by atoms with Crippen molar-refractivity contribution in [3.05, 3.63) is 29.8 Å². The first-order valence-electron chi connectivity index (χ1n) is 6.31. The molecule has 0 aliphatic rings. The Morgan fingerprint density at radius 1 is 1.16 bits per heavy atom. The Balaban J connectivity index is 2.35. The van der Waals surface area contributed by atoms with E-state index in [-0.39, 0.29) is 11.9 Å². The van der Waals surface area contributed by atoms with Crippen molar-refractivity contribution in [3.63, 3.8) is 0 Å². The minimum atomic E-state index is -2.78. The Hall–Kier alpha value is -1.20. The van der Waals surface area contributed by atoms with Gasteiger partial charge in [-0.3, -0.25) is 4.90 Å². The predicted molar refractivity (Wildman–Crippen MR) is 70.5 cm³/mol. The highest BCUT2D eigenvalue weighted by atomic mass is 19.3. The Bertz CT molecular complexity index is 355. The minimum Gasteiger partial charge on any atom is -0.435 e. The third-order valence-corrected chi connectivity index (χ3v) is 2.53. The van der Waals surface area contributed by atoms with Crippen molar-refractivity contribution in [1.29, 1.82) is 0 Å². The van der Waals surface area contributed by atoms with Crippen LogP contribution < -0.4 is 4.74 Å². The highest BCUT2D eigenvalue weighted by Crippen LogP contribution is 2.15. The van der Waals surface area contributed by atoms with Crippen LogP contribution in [0.5, 0.6) is 5.75 Å². The highest BCUT2D eigenvalue weighted by Gasteiger charge is 2.05. The van der Waals surface area contributed by atoms with Gasteiger partial charge in [-0.15, -0.1) is 0 Å². The molecule has 0 aromatic heterocycles. The number of rotatable bonds is 8. The van der Waals surface area contributed by atoms with Crippen molar-refractivity contribution in [2.45, 2.75) is 33.1 Å². The number of ether oxygens (including phenoxy) is 2. The predicted octanol–water partition coefficient (Wildman–Crippen LogP) is 3.14. The lowest BCUT2D eigenvalue weighted by atomic mass is 10.2. The summed E-state index contributed by atoms with van der Waals surface area (Å²) in [5, 5.41) is 0. The summed E-state index contributed by atoms with van der Waals surface area (Å²) in [4.78, 5) is 2.12. The van der Waals surface area contributed by atoms with Gasteiger partial charge >= 0.3 is 6.61 Å². The van der Waals surface area contributed by atoms with Gasteiger partial charge in [0.25, 0.3) is 0 Å². The van der Waals surface area contributed by atoms with Crippen LogP contribution in [0, 0.1) is 0 Å². The fraction of sp³-hybridized carbons (Fsp3) is 0.571. The number of halogens is 2. The van der Waals surface area contributed by atoms with E-state index in [1.54, 1.807) is 24.3 Å². The third kappa shape index (κ3) is 7.08. The molecule has 108 valence electrons. The van der Waals surface area contributed by atoms with Gasteiger partial charge in [-0.1, -0.05) is 12.1 Å². The lowest BCUT2D eigenvalue weighted by molar-refractivity contribution is -0.0498. The van der Waals surface area contributed by atoms with E-state index in [9.17, 15) is 8.78 Å². The molecule has 0 spiro atoms. The van der Waals surface area contributed by atoms with Crippen molar-refractivity contribution in [2.75, 3.05) is 20.2 Å². The van der Waals surface area contributed by atoms with Gasteiger partial charge in [-0.25, -0.2) is 0 Å². The number of nitrogens with zero attached hydrogens (tertiary/aromatic N) is 1. The normalized spacial score (nSPS) is 11.6. The molecule has 0 aliphatic carbocycles. The molecule has 0 amide bonds. The van der Waals surface area contributed by atoms with Crippen LogP contribution in [0.3, 0.4) is 0 Å². The maximum atomic E-state index is 12.0.